The van der Waals surface area contributed by atoms with Crippen molar-refractivity contribution in [2.24, 2.45) is 17.8 Å². The molecule has 7 rings (SSSR count). The molecule has 41 heavy (non-hydrogen) atoms. The average Bonchev–Trinajstić information content (AvgIpc) is 3.75. The highest BCUT2D eigenvalue weighted by Crippen LogP contribution is 2.46. The summed E-state index contributed by atoms with van der Waals surface area (Å²) in [6.07, 6.45) is 6.95. The molecule has 0 radical (unpaired) electrons. The van der Waals surface area contributed by atoms with E-state index >= 15 is 0 Å². The van der Waals surface area contributed by atoms with E-state index in [1.54, 1.807) is 0 Å². The Labute approximate surface area is 249 Å². The number of ketones is 1. The van der Waals surface area contributed by atoms with Gasteiger partial charge in [-0.25, -0.2) is 5.01 Å². The number of Topliss-reactive ketones (excluding diaryl/α,β-unsaturated/α-hetero) is 1. The Balaban J connectivity index is 0.874. The van der Waals surface area contributed by atoms with Crippen LogP contribution in [0.15, 0.2) is 0 Å². The maximum atomic E-state index is 13.1. The van der Waals surface area contributed by atoms with Crippen LogP contribution in [-0.2, 0) is 19.0 Å². The van der Waals surface area contributed by atoms with E-state index in [-0.39, 0.29) is 23.9 Å². The Kier molecular flexibility index (Phi) is 9.53. The second kappa shape index (κ2) is 13.3. The van der Waals surface area contributed by atoms with Crippen LogP contribution in [0.5, 0.6) is 0 Å². The highest BCUT2D eigenvalue weighted by atomic mass is 32.2. The molecule has 0 aromatic carbocycles. The molecular weight excluding hydrogens is 542 g/mol. The molecule has 0 amide bonds. The fraction of sp³-hybridized carbons (Fsp3) is 0.966. The van der Waals surface area contributed by atoms with Crippen molar-refractivity contribution >= 4 is 17.5 Å². The van der Waals surface area contributed by atoms with Crippen molar-refractivity contribution in [3.63, 3.8) is 0 Å². The lowest BCUT2D eigenvalue weighted by molar-refractivity contribution is -0.170. The SMILES string of the molecule is CC1NN(C2CCNC(NC3CCC(C4CSC5C(=O)CC(N6CCOCC6)OC54)CC3)N2)CC1CN1CCOC1. The summed E-state index contributed by atoms with van der Waals surface area (Å²) in [5, 5.41) is 13.9. The van der Waals surface area contributed by atoms with Crippen LogP contribution in [0.2, 0.25) is 0 Å². The lowest BCUT2D eigenvalue weighted by Crippen LogP contribution is -2.67. The molecule has 12 heteroatoms. The third kappa shape index (κ3) is 6.68. The Morgan fingerprint density at radius 2 is 1.88 bits per heavy atom. The van der Waals surface area contributed by atoms with E-state index in [4.69, 9.17) is 14.2 Å². The second-order valence-electron chi connectivity index (χ2n) is 13.4. The maximum Gasteiger partial charge on any atom is 0.152 e. The quantitative estimate of drug-likeness (QED) is 0.324. The number of hydrazine groups is 1. The van der Waals surface area contributed by atoms with Gasteiger partial charge in [-0.05, 0) is 56.6 Å². The predicted molar refractivity (Wildman–Crippen MR) is 158 cm³/mol. The number of nitrogens with one attached hydrogen (secondary N) is 4. The van der Waals surface area contributed by atoms with E-state index in [1.807, 2.05) is 11.8 Å². The Morgan fingerprint density at radius 1 is 1.05 bits per heavy atom. The monoisotopic (exact) mass is 593 g/mol. The lowest BCUT2D eigenvalue weighted by atomic mass is 9.75. The van der Waals surface area contributed by atoms with Crippen LogP contribution >= 0.6 is 11.8 Å². The summed E-state index contributed by atoms with van der Waals surface area (Å²) in [6, 6.07) is 0.998. The first-order chi connectivity index (χ1) is 20.1. The largest absolute Gasteiger partial charge is 0.379 e. The summed E-state index contributed by atoms with van der Waals surface area (Å²) >= 11 is 1.86. The Bertz CT molecular complexity index is 885. The van der Waals surface area contributed by atoms with Gasteiger partial charge in [0.2, 0.25) is 0 Å². The Morgan fingerprint density at radius 3 is 2.68 bits per heavy atom. The van der Waals surface area contributed by atoms with Crippen LogP contribution < -0.4 is 21.4 Å². The molecule has 8 atom stereocenters. The number of hydrogen-bond acceptors (Lipinski definition) is 12. The normalized spacial score (nSPS) is 45.3. The first-order valence-corrected chi connectivity index (χ1v) is 17.4. The molecule has 6 heterocycles. The molecule has 1 aliphatic carbocycles. The third-order valence-electron chi connectivity index (χ3n) is 10.8. The molecule has 7 fully saturated rings. The van der Waals surface area contributed by atoms with Gasteiger partial charge in [-0.15, -0.1) is 11.8 Å². The molecule has 1 saturated carbocycles. The van der Waals surface area contributed by atoms with Crippen LogP contribution in [0.25, 0.3) is 0 Å². The van der Waals surface area contributed by atoms with E-state index in [0.29, 0.717) is 48.2 Å². The lowest BCUT2D eigenvalue weighted by Gasteiger charge is -2.43. The highest BCUT2D eigenvalue weighted by molar-refractivity contribution is 8.01. The standard InChI is InChI=1S/C29H51N7O4S/c1-19-21(15-34-8-11-39-18-34)16-36(33-19)25-6-7-30-29(32-25)31-22-4-2-20(3-5-22)23-17-41-28-24(37)14-26(40-27(23)28)35-9-12-38-13-10-35/h19-23,25-33H,2-18H2,1H3. The van der Waals surface area contributed by atoms with Gasteiger partial charge in [0, 0.05) is 63.7 Å². The van der Waals surface area contributed by atoms with Crippen LogP contribution in [0.1, 0.15) is 45.4 Å². The van der Waals surface area contributed by atoms with Crippen molar-refractivity contribution in [1.82, 2.24) is 36.2 Å². The van der Waals surface area contributed by atoms with E-state index in [2.05, 4.69) is 43.1 Å². The number of carbonyl (C=O) groups is 1. The fourth-order valence-corrected chi connectivity index (χ4v) is 9.90. The van der Waals surface area contributed by atoms with Crippen molar-refractivity contribution in [3.05, 3.63) is 0 Å². The van der Waals surface area contributed by atoms with Crippen molar-refractivity contribution < 1.29 is 19.0 Å². The summed E-state index contributed by atoms with van der Waals surface area (Å²) in [4.78, 5) is 17.8. The maximum absolute atomic E-state index is 13.1. The van der Waals surface area contributed by atoms with Gasteiger partial charge in [-0.1, -0.05) is 0 Å². The Hall–Kier alpha value is -0.380. The van der Waals surface area contributed by atoms with Crippen LogP contribution in [0, 0.1) is 17.8 Å². The summed E-state index contributed by atoms with van der Waals surface area (Å²) in [5.41, 5.74) is 3.76. The fourth-order valence-electron chi connectivity index (χ4n) is 8.27. The zero-order valence-electron chi connectivity index (χ0n) is 24.7. The highest BCUT2D eigenvalue weighted by Gasteiger charge is 2.50. The number of thioether (sulfide) groups is 1. The van der Waals surface area contributed by atoms with Gasteiger partial charge in [-0.3, -0.25) is 36.0 Å². The van der Waals surface area contributed by atoms with E-state index in [0.717, 1.165) is 78.0 Å². The minimum Gasteiger partial charge on any atom is -0.379 e. The molecule has 8 unspecified atom stereocenters. The van der Waals surface area contributed by atoms with E-state index in [1.165, 1.54) is 25.7 Å². The third-order valence-corrected chi connectivity index (χ3v) is 12.2. The molecule has 4 N–H and O–H groups in total. The van der Waals surface area contributed by atoms with Gasteiger partial charge in [-0.2, -0.15) is 0 Å². The van der Waals surface area contributed by atoms with Gasteiger partial charge in [0.05, 0.1) is 44.1 Å². The first kappa shape index (κ1) is 29.3. The summed E-state index contributed by atoms with van der Waals surface area (Å²) in [5.74, 6) is 3.25. The number of ether oxygens (including phenoxy) is 3. The van der Waals surface area contributed by atoms with Crippen molar-refractivity contribution in [2.75, 3.05) is 71.6 Å². The number of carbonyl (C=O) groups excluding carboxylic acids is 1. The molecule has 0 aromatic rings. The average molecular weight is 594 g/mol. The summed E-state index contributed by atoms with van der Waals surface area (Å²) in [6.45, 7) is 11.4. The smallest absolute Gasteiger partial charge is 0.152 e. The molecule has 11 nitrogen and oxygen atoms in total. The van der Waals surface area contributed by atoms with Crippen LogP contribution in [0.4, 0.5) is 0 Å². The number of rotatable bonds is 7. The molecule has 7 aliphatic rings. The zero-order chi connectivity index (χ0) is 27.8. The van der Waals surface area contributed by atoms with Gasteiger partial charge >= 0.3 is 0 Å². The van der Waals surface area contributed by atoms with Crippen LogP contribution in [0.3, 0.4) is 0 Å². The molecule has 6 saturated heterocycles. The minimum atomic E-state index is -0.0548. The van der Waals surface area contributed by atoms with Crippen molar-refractivity contribution in [1.29, 1.82) is 0 Å². The van der Waals surface area contributed by atoms with Gasteiger partial charge in [0.1, 0.15) is 12.5 Å². The van der Waals surface area contributed by atoms with Crippen molar-refractivity contribution in [3.8, 4) is 0 Å². The van der Waals surface area contributed by atoms with Gasteiger partial charge in [0.25, 0.3) is 0 Å². The molecule has 0 bridgehead atoms. The second-order valence-corrected chi connectivity index (χ2v) is 14.5. The molecule has 0 spiro atoms. The zero-order valence-corrected chi connectivity index (χ0v) is 25.5. The molecule has 6 aliphatic heterocycles. The molecular formula is C29H51N7O4S. The number of morpholine rings is 1. The van der Waals surface area contributed by atoms with Gasteiger partial charge < -0.3 is 14.2 Å². The molecule has 232 valence electrons. The number of hydrogen-bond donors (Lipinski definition) is 4. The van der Waals surface area contributed by atoms with Crippen molar-refractivity contribution in [2.45, 2.75) is 87.6 Å². The molecule has 0 aromatic heterocycles. The number of fused-ring (bicyclic) bond motifs is 1. The van der Waals surface area contributed by atoms with E-state index < -0.39 is 0 Å². The predicted octanol–water partition coefficient (Wildman–Crippen LogP) is 0.190. The van der Waals surface area contributed by atoms with Gasteiger partial charge in [0.15, 0.2) is 5.78 Å². The topological polar surface area (TPSA) is 103 Å². The summed E-state index contributed by atoms with van der Waals surface area (Å²) in [7, 11) is 0. The van der Waals surface area contributed by atoms with Crippen LogP contribution in [-0.4, -0.2) is 134 Å². The minimum absolute atomic E-state index is 0.0471. The summed E-state index contributed by atoms with van der Waals surface area (Å²) < 4.78 is 17.8. The first-order valence-electron chi connectivity index (χ1n) is 16.3. The number of nitrogens with zero attached hydrogens (tertiary/aromatic N) is 3. The van der Waals surface area contributed by atoms with E-state index in [9.17, 15) is 4.79 Å².